The summed E-state index contributed by atoms with van der Waals surface area (Å²) in [6, 6.07) is 11.0. The quantitative estimate of drug-likeness (QED) is 0.918. The molecule has 0 aliphatic rings. The molecule has 0 aliphatic heterocycles. The number of hydrogen-bond donors (Lipinski definition) is 1. The number of aliphatic hydroxyl groups excluding tert-OH is 1. The van der Waals surface area contributed by atoms with E-state index < -0.39 is 5.82 Å². The van der Waals surface area contributed by atoms with Gasteiger partial charge in [-0.3, -0.25) is 0 Å². The first kappa shape index (κ1) is 14.8. The number of benzene rings is 2. The molecule has 1 N–H and O–H groups in total. The normalized spacial score (nSPS) is 10.0. The minimum absolute atomic E-state index is 0.0402. The van der Waals surface area contributed by atoms with Crippen LogP contribution >= 0.6 is 0 Å². The molecule has 108 valence electrons. The highest BCUT2D eigenvalue weighted by Crippen LogP contribution is 2.26. The van der Waals surface area contributed by atoms with Gasteiger partial charge in [0.1, 0.15) is 23.9 Å². The number of nitrogens with zero attached hydrogens (tertiary/aromatic N) is 1. The van der Waals surface area contributed by atoms with Gasteiger partial charge in [0.2, 0.25) is 0 Å². The molecule has 0 bridgehead atoms. The van der Waals surface area contributed by atoms with Crippen LogP contribution in [-0.2, 0) is 13.2 Å². The van der Waals surface area contributed by atoms with E-state index in [0.717, 1.165) is 0 Å². The van der Waals surface area contributed by atoms with Crippen molar-refractivity contribution in [1.29, 1.82) is 5.26 Å². The monoisotopic (exact) mass is 287 g/mol. The zero-order valence-corrected chi connectivity index (χ0v) is 11.5. The van der Waals surface area contributed by atoms with Gasteiger partial charge < -0.3 is 14.6 Å². The van der Waals surface area contributed by atoms with Crippen molar-refractivity contribution >= 4 is 0 Å². The van der Waals surface area contributed by atoms with Gasteiger partial charge in [0, 0.05) is 17.2 Å². The highest BCUT2D eigenvalue weighted by atomic mass is 19.1. The number of methoxy groups -OCH3 is 1. The second-order valence-corrected chi connectivity index (χ2v) is 4.34. The van der Waals surface area contributed by atoms with Crippen LogP contribution in [0.3, 0.4) is 0 Å². The summed E-state index contributed by atoms with van der Waals surface area (Å²) >= 11 is 0. The Kier molecular flexibility index (Phi) is 4.75. The smallest absolute Gasteiger partial charge is 0.129 e. The topological polar surface area (TPSA) is 62.5 Å². The minimum Gasteiger partial charge on any atom is -0.497 e. The second-order valence-electron chi connectivity index (χ2n) is 4.34. The molecule has 2 aromatic carbocycles. The molecule has 0 saturated heterocycles. The van der Waals surface area contributed by atoms with Crippen molar-refractivity contribution in [3.63, 3.8) is 0 Å². The fourth-order valence-electron chi connectivity index (χ4n) is 1.84. The third kappa shape index (κ3) is 3.50. The Labute approximate surface area is 122 Å². The maximum Gasteiger partial charge on any atom is 0.129 e. The molecule has 0 aromatic heterocycles. The third-order valence-electron chi connectivity index (χ3n) is 3.00. The average molecular weight is 287 g/mol. The van der Waals surface area contributed by atoms with E-state index in [1.807, 2.05) is 6.07 Å². The van der Waals surface area contributed by atoms with E-state index in [1.54, 1.807) is 18.2 Å². The lowest BCUT2D eigenvalue weighted by Gasteiger charge is -2.12. The van der Waals surface area contributed by atoms with Crippen LogP contribution in [-0.4, -0.2) is 12.2 Å². The molecule has 21 heavy (non-hydrogen) atoms. The van der Waals surface area contributed by atoms with Gasteiger partial charge in [0.05, 0.1) is 25.3 Å². The van der Waals surface area contributed by atoms with Crippen molar-refractivity contribution in [2.75, 3.05) is 7.11 Å². The van der Waals surface area contributed by atoms with E-state index in [1.165, 1.54) is 25.3 Å². The van der Waals surface area contributed by atoms with Crippen LogP contribution in [0.25, 0.3) is 0 Å². The number of halogens is 1. The van der Waals surface area contributed by atoms with Crippen molar-refractivity contribution in [3.8, 4) is 17.6 Å². The summed E-state index contributed by atoms with van der Waals surface area (Å²) in [6.07, 6.45) is 0. The van der Waals surface area contributed by atoms with E-state index in [9.17, 15) is 9.50 Å². The summed E-state index contributed by atoms with van der Waals surface area (Å²) < 4.78 is 24.3. The predicted molar refractivity (Wildman–Crippen MR) is 74.4 cm³/mol. The summed E-state index contributed by atoms with van der Waals surface area (Å²) in [5, 5.41) is 18.1. The molecule has 0 atom stereocenters. The summed E-state index contributed by atoms with van der Waals surface area (Å²) in [5.41, 5.74) is 1.22. The Morgan fingerprint density at radius 1 is 1.19 bits per heavy atom. The van der Waals surface area contributed by atoms with Gasteiger partial charge >= 0.3 is 0 Å². The van der Waals surface area contributed by atoms with Crippen LogP contribution < -0.4 is 9.47 Å². The standard InChI is InChI=1S/C16H14FNO3/c1-20-14-4-3-12(9-19)16(7-14)21-10-13-6-11(8-18)2-5-15(13)17/h2-7,19H,9-10H2,1H3. The summed E-state index contributed by atoms with van der Waals surface area (Å²) in [7, 11) is 1.52. The first-order valence-electron chi connectivity index (χ1n) is 6.27. The number of aliphatic hydroxyl groups is 1. The summed E-state index contributed by atoms with van der Waals surface area (Å²) in [4.78, 5) is 0. The van der Waals surface area contributed by atoms with Crippen LogP contribution in [0, 0.1) is 17.1 Å². The molecule has 0 unspecified atom stereocenters. The van der Waals surface area contributed by atoms with Crippen LogP contribution in [0.1, 0.15) is 16.7 Å². The number of hydrogen-bond acceptors (Lipinski definition) is 4. The Morgan fingerprint density at radius 2 is 2.00 bits per heavy atom. The molecular formula is C16H14FNO3. The van der Waals surface area contributed by atoms with Crippen LogP contribution in [0.2, 0.25) is 0 Å². The predicted octanol–water partition coefficient (Wildman–Crippen LogP) is 2.78. The zero-order chi connectivity index (χ0) is 15.2. The molecule has 2 rings (SSSR count). The van der Waals surface area contributed by atoms with Gasteiger partial charge in [0.15, 0.2) is 0 Å². The lowest BCUT2D eigenvalue weighted by Crippen LogP contribution is -2.02. The number of nitriles is 1. The van der Waals surface area contributed by atoms with Crippen molar-refractivity contribution in [2.24, 2.45) is 0 Å². The SMILES string of the molecule is COc1ccc(CO)c(OCc2cc(C#N)ccc2F)c1. The number of rotatable bonds is 5. The summed E-state index contributed by atoms with van der Waals surface area (Å²) in [6.45, 7) is -0.235. The molecule has 0 spiro atoms. The molecule has 0 aliphatic carbocycles. The van der Waals surface area contributed by atoms with Gasteiger partial charge in [-0.2, -0.15) is 5.26 Å². The molecule has 0 radical (unpaired) electrons. The largest absolute Gasteiger partial charge is 0.497 e. The van der Waals surface area contributed by atoms with E-state index in [0.29, 0.717) is 22.6 Å². The Morgan fingerprint density at radius 3 is 2.67 bits per heavy atom. The van der Waals surface area contributed by atoms with E-state index in [-0.39, 0.29) is 18.8 Å². The van der Waals surface area contributed by atoms with Crippen LogP contribution in [0.4, 0.5) is 4.39 Å². The molecule has 0 heterocycles. The molecular weight excluding hydrogens is 273 g/mol. The lowest BCUT2D eigenvalue weighted by molar-refractivity contribution is 0.256. The third-order valence-corrected chi connectivity index (χ3v) is 3.00. The molecule has 4 nitrogen and oxygen atoms in total. The average Bonchev–Trinajstić information content (AvgIpc) is 2.53. The van der Waals surface area contributed by atoms with Crippen molar-refractivity contribution in [1.82, 2.24) is 0 Å². The first-order chi connectivity index (χ1) is 10.2. The van der Waals surface area contributed by atoms with Crippen LogP contribution in [0.5, 0.6) is 11.5 Å². The summed E-state index contributed by atoms with van der Waals surface area (Å²) in [5.74, 6) is 0.550. The van der Waals surface area contributed by atoms with E-state index >= 15 is 0 Å². The van der Waals surface area contributed by atoms with Gasteiger partial charge in [-0.15, -0.1) is 0 Å². The first-order valence-corrected chi connectivity index (χ1v) is 6.27. The van der Waals surface area contributed by atoms with Gasteiger partial charge in [-0.1, -0.05) is 0 Å². The van der Waals surface area contributed by atoms with E-state index in [2.05, 4.69) is 0 Å². The van der Waals surface area contributed by atoms with Crippen LogP contribution in [0.15, 0.2) is 36.4 Å². The van der Waals surface area contributed by atoms with Gasteiger partial charge in [-0.05, 0) is 30.3 Å². The van der Waals surface area contributed by atoms with Gasteiger partial charge in [0.25, 0.3) is 0 Å². The van der Waals surface area contributed by atoms with Crippen molar-refractivity contribution in [3.05, 3.63) is 58.9 Å². The molecule has 0 amide bonds. The zero-order valence-electron chi connectivity index (χ0n) is 11.5. The van der Waals surface area contributed by atoms with E-state index in [4.69, 9.17) is 14.7 Å². The van der Waals surface area contributed by atoms with Crippen molar-refractivity contribution < 1.29 is 19.0 Å². The Hall–Kier alpha value is -2.58. The number of ether oxygens (including phenoxy) is 2. The maximum absolute atomic E-state index is 13.7. The fraction of sp³-hybridized carbons (Fsp3) is 0.188. The Bertz CT molecular complexity index is 680. The Balaban J connectivity index is 2.21. The molecule has 0 fully saturated rings. The van der Waals surface area contributed by atoms with Gasteiger partial charge in [-0.25, -0.2) is 4.39 Å². The maximum atomic E-state index is 13.7. The highest BCUT2D eigenvalue weighted by Gasteiger charge is 2.08. The second kappa shape index (κ2) is 6.73. The molecule has 2 aromatic rings. The lowest BCUT2D eigenvalue weighted by atomic mass is 10.1. The molecule has 5 heteroatoms. The highest BCUT2D eigenvalue weighted by molar-refractivity contribution is 5.41. The van der Waals surface area contributed by atoms with Crippen molar-refractivity contribution in [2.45, 2.75) is 13.2 Å². The molecule has 0 saturated carbocycles. The fourth-order valence-corrected chi connectivity index (χ4v) is 1.84. The minimum atomic E-state index is -0.442.